The molecule has 1 unspecified atom stereocenters. The van der Waals surface area contributed by atoms with Gasteiger partial charge in [-0.15, -0.1) is 10.2 Å². The highest BCUT2D eigenvalue weighted by Gasteiger charge is 2.36. The van der Waals surface area contributed by atoms with E-state index < -0.39 is 0 Å². The molecule has 0 N–H and O–H groups in total. The number of rotatable bonds is 2. The molecular weight excluding hydrogens is 276 g/mol. The lowest BCUT2D eigenvalue weighted by Crippen LogP contribution is -2.39. The number of likely N-dealkylation sites (tertiary alicyclic amines) is 1. The average molecular weight is 298 g/mol. The number of carbonyl (C=O) groups excluding carboxylic acids is 1. The summed E-state index contributed by atoms with van der Waals surface area (Å²) in [5.41, 5.74) is 1.54. The number of nitrogens with zero attached hydrogens (tertiary/aromatic N) is 4. The molecule has 1 atom stereocenters. The number of carbonyl (C=O) groups is 1. The SMILES string of the molecule is Cc1nnc2ccc(C(=O)N3CCCC3C3CCCC3)cn12. The second-order valence-corrected chi connectivity index (χ2v) is 6.65. The first-order valence-corrected chi connectivity index (χ1v) is 8.36. The first-order valence-electron chi connectivity index (χ1n) is 8.36. The van der Waals surface area contributed by atoms with Gasteiger partial charge in [0.2, 0.25) is 0 Å². The third-order valence-corrected chi connectivity index (χ3v) is 5.32. The summed E-state index contributed by atoms with van der Waals surface area (Å²) in [6.45, 7) is 2.81. The Hall–Kier alpha value is -1.91. The average Bonchev–Trinajstić information content (AvgIpc) is 3.26. The van der Waals surface area contributed by atoms with Crippen molar-refractivity contribution in [2.24, 2.45) is 5.92 Å². The minimum Gasteiger partial charge on any atom is -0.335 e. The summed E-state index contributed by atoms with van der Waals surface area (Å²) in [4.78, 5) is 15.1. The first-order chi connectivity index (χ1) is 10.7. The molecule has 0 spiro atoms. The van der Waals surface area contributed by atoms with E-state index in [0.29, 0.717) is 12.0 Å². The van der Waals surface area contributed by atoms with Crippen molar-refractivity contribution in [3.05, 3.63) is 29.7 Å². The van der Waals surface area contributed by atoms with Crippen molar-refractivity contribution in [3.8, 4) is 0 Å². The zero-order valence-corrected chi connectivity index (χ0v) is 13.0. The van der Waals surface area contributed by atoms with Gasteiger partial charge in [0.25, 0.3) is 5.91 Å². The molecule has 5 heteroatoms. The Balaban J connectivity index is 1.62. The number of aromatic nitrogens is 3. The van der Waals surface area contributed by atoms with Crippen LogP contribution in [0.4, 0.5) is 0 Å². The summed E-state index contributed by atoms with van der Waals surface area (Å²) < 4.78 is 1.90. The molecule has 4 rings (SSSR count). The van der Waals surface area contributed by atoms with Gasteiger partial charge >= 0.3 is 0 Å². The minimum atomic E-state index is 0.171. The maximum absolute atomic E-state index is 13.0. The highest BCUT2D eigenvalue weighted by atomic mass is 16.2. The zero-order chi connectivity index (χ0) is 15.1. The lowest BCUT2D eigenvalue weighted by molar-refractivity contribution is 0.0688. The Morgan fingerprint density at radius 2 is 1.95 bits per heavy atom. The molecule has 1 saturated carbocycles. The monoisotopic (exact) mass is 298 g/mol. The van der Waals surface area contributed by atoms with Crippen molar-refractivity contribution in [3.63, 3.8) is 0 Å². The molecule has 2 fully saturated rings. The molecule has 0 radical (unpaired) electrons. The van der Waals surface area contributed by atoms with Gasteiger partial charge in [-0.25, -0.2) is 0 Å². The van der Waals surface area contributed by atoms with E-state index in [1.54, 1.807) is 0 Å². The van der Waals surface area contributed by atoms with Gasteiger partial charge in [0.1, 0.15) is 5.82 Å². The van der Waals surface area contributed by atoms with Gasteiger partial charge in [0.15, 0.2) is 5.65 Å². The fraction of sp³-hybridized carbons (Fsp3) is 0.588. The Labute approximate surface area is 130 Å². The molecule has 1 amide bonds. The number of pyridine rings is 1. The molecule has 2 aromatic heterocycles. The predicted molar refractivity (Wildman–Crippen MR) is 83.7 cm³/mol. The van der Waals surface area contributed by atoms with Gasteiger partial charge in [-0.1, -0.05) is 12.8 Å². The highest BCUT2D eigenvalue weighted by Crippen LogP contribution is 2.36. The van der Waals surface area contributed by atoms with E-state index in [9.17, 15) is 4.79 Å². The molecule has 2 aromatic rings. The lowest BCUT2D eigenvalue weighted by Gasteiger charge is -2.29. The second kappa shape index (κ2) is 5.38. The van der Waals surface area contributed by atoms with Gasteiger partial charge in [0, 0.05) is 18.8 Å². The maximum Gasteiger partial charge on any atom is 0.255 e. The Morgan fingerprint density at radius 3 is 2.77 bits per heavy atom. The quantitative estimate of drug-likeness (QED) is 0.856. The fourth-order valence-corrected chi connectivity index (χ4v) is 4.17. The number of hydrogen-bond acceptors (Lipinski definition) is 3. The van der Waals surface area contributed by atoms with Crippen LogP contribution in [0.2, 0.25) is 0 Å². The molecule has 1 aliphatic carbocycles. The van der Waals surface area contributed by atoms with Gasteiger partial charge in [-0.3, -0.25) is 9.20 Å². The number of fused-ring (bicyclic) bond motifs is 1. The van der Waals surface area contributed by atoms with Crippen LogP contribution in [0.3, 0.4) is 0 Å². The van der Waals surface area contributed by atoms with Crippen LogP contribution in [0, 0.1) is 12.8 Å². The number of aryl methyl sites for hydroxylation is 1. The number of hydrogen-bond donors (Lipinski definition) is 0. The Kier molecular flexibility index (Phi) is 3.36. The molecule has 22 heavy (non-hydrogen) atoms. The minimum absolute atomic E-state index is 0.171. The Bertz CT molecular complexity index is 702. The van der Waals surface area contributed by atoms with E-state index in [-0.39, 0.29) is 5.91 Å². The third-order valence-electron chi connectivity index (χ3n) is 5.32. The molecule has 3 heterocycles. The number of amides is 1. The van der Waals surface area contributed by atoms with Crippen molar-refractivity contribution in [1.29, 1.82) is 0 Å². The largest absolute Gasteiger partial charge is 0.335 e. The van der Waals surface area contributed by atoms with Crippen LogP contribution in [0.25, 0.3) is 5.65 Å². The van der Waals surface area contributed by atoms with Gasteiger partial charge < -0.3 is 4.90 Å². The van der Waals surface area contributed by atoms with Crippen LogP contribution in [0.5, 0.6) is 0 Å². The lowest BCUT2D eigenvalue weighted by atomic mass is 9.95. The van der Waals surface area contributed by atoms with Crippen LogP contribution in [0.1, 0.15) is 54.7 Å². The van der Waals surface area contributed by atoms with Gasteiger partial charge in [-0.2, -0.15) is 0 Å². The Morgan fingerprint density at radius 1 is 1.14 bits per heavy atom. The maximum atomic E-state index is 13.0. The van der Waals surface area contributed by atoms with E-state index in [0.717, 1.165) is 30.0 Å². The molecule has 5 nitrogen and oxygen atoms in total. The summed E-state index contributed by atoms with van der Waals surface area (Å²) in [5.74, 6) is 1.70. The van der Waals surface area contributed by atoms with Crippen LogP contribution >= 0.6 is 0 Å². The zero-order valence-electron chi connectivity index (χ0n) is 13.0. The molecule has 0 bridgehead atoms. The molecule has 0 aromatic carbocycles. The van der Waals surface area contributed by atoms with Gasteiger partial charge in [0.05, 0.1) is 5.56 Å². The molecule has 1 aliphatic heterocycles. The highest BCUT2D eigenvalue weighted by molar-refractivity contribution is 5.94. The molecular formula is C17H22N4O. The molecule has 1 saturated heterocycles. The fourth-order valence-electron chi connectivity index (χ4n) is 4.17. The summed E-state index contributed by atoms with van der Waals surface area (Å²) in [5, 5.41) is 8.14. The van der Waals surface area contributed by atoms with Crippen LogP contribution in [0.15, 0.2) is 18.3 Å². The van der Waals surface area contributed by atoms with E-state index in [4.69, 9.17) is 0 Å². The van der Waals surface area contributed by atoms with E-state index in [1.165, 1.54) is 32.1 Å². The topological polar surface area (TPSA) is 50.5 Å². The van der Waals surface area contributed by atoms with Crippen LogP contribution < -0.4 is 0 Å². The summed E-state index contributed by atoms with van der Waals surface area (Å²) in [6.07, 6.45) is 9.43. The van der Waals surface area contributed by atoms with Crippen molar-refractivity contribution in [1.82, 2.24) is 19.5 Å². The smallest absolute Gasteiger partial charge is 0.255 e. The van der Waals surface area contributed by atoms with Crippen molar-refractivity contribution >= 4 is 11.6 Å². The first kappa shape index (κ1) is 13.7. The van der Waals surface area contributed by atoms with E-state index >= 15 is 0 Å². The van der Waals surface area contributed by atoms with Crippen molar-refractivity contribution in [2.45, 2.75) is 51.5 Å². The summed E-state index contributed by atoms with van der Waals surface area (Å²) >= 11 is 0. The van der Waals surface area contributed by atoms with Crippen molar-refractivity contribution in [2.75, 3.05) is 6.54 Å². The van der Waals surface area contributed by atoms with Gasteiger partial charge in [-0.05, 0) is 50.7 Å². The standard InChI is InChI=1S/C17H22N4O/c1-12-18-19-16-9-8-14(11-21(12)16)17(22)20-10-4-7-15(20)13-5-2-3-6-13/h8-9,11,13,15H,2-7,10H2,1H3. The molecule has 116 valence electrons. The third kappa shape index (κ3) is 2.19. The van der Waals surface area contributed by atoms with E-state index in [2.05, 4.69) is 15.1 Å². The summed E-state index contributed by atoms with van der Waals surface area (Å²) in [7, 11) is 0. The normalized spacial score (nSPS) is 22.8. The van der Waals surface area contributed by atoms with Crippen LogP contribution in [-0.2, 0) is 0 Å². The second-order valence-electron chi connectivity index (χ2n) is 6.65. The predicted octanol–water partition coefficient (Wildman–Crippen LogP) is 2.83. The van der Waals surface area contributed by atoms with E-state index in [1.807, 2.05) is 29.7 Å². The molecule has 2 aliphatic rings. The summed E-state index contributed by atoms with van der Waals surface area (Å²) in [6, 6.07) is 4.22. The van der Waals surface area contributed by atoms with Crippen LogP contribution in [-0.4, -0.2) is 38.0 Å². The van der Waals surface area contributed by atoms with Crippen molar-refractivity contribution < 1.29 is 4.79 Å².